The lowest BCUT2D eigenvalue weighted by atomic mass is 10.1. The van der Waals surface area contributed by atoms with Gasteiger partial charge in [0.05, 0.1) is 23.6 Å². The lowest BCUT2D eigenvalue weighted by Gasteiger charge is -2.23. The molecule has 106 valence electrons. The molecule has 1 aliphatic rings. The fourth-order valence-corrected chi connectivity index (χ4v) is 2.72. The third-order valence-corrected chi connectivity index (χ3v) is 3.85. The summed E-state index contributed by atoms with van der Waals surface area (Å²) in [5.74, 6) is 0.236. The van der Waals surface area contributed by atoms with Crippen LogP contribution in [0.4, 0.5) is 0 Å². The molecule has 1 fully saturated rings. The van der Waals surface area contributed by atoms with Crippen LogP contribution in [0.5, 0.6) is 0 Å². The number of nitrogens with one attached hydrogen (secondary N) is 1. The van der Waals surface area contributed by atoms with Gasteiger partial charge in [0.1, 0.15) is 0 Å². The Balaban J connectivity index is 1.85. The minimum absolute atomic E-state index is 0.0557. The lowest BCUT2D eigenvalue weighted by Crippen LogP contribution is -2.30. The van der Waals surface area contributed by atoms with Crippen LogP contribution < -0.4 is 0 Å². The Hall–Kier alpha value is -2.11. The molecule has 6 nitrogen and oxygen atoms in total. The van der Waals surface area contributed by atoms with Crippen LogP contribution in [0.25, 0.3) is 0 Å². The third-order valence-electron chi connectivity index (χ3n) is 3.85. The number of carbonyl (C=O) groups is 1. The van der Waals surface area contributed by atoms with Gasteiger partial charge in [0.25, 0.3) is 5.91 Å². The van der Waals surface area contributed by atoms with Gasteiger partial charge in [0, 0.05) is 12.6 Å². The molecule has 0 saturated carbocycles. The Morgan fingerprint density at radius 2 is 2.45 bits per heavy atom. The number of aromatic amines is 1. The zero-order valence-electron chi connectivity index (χ0n) is 11.7. The standard InChI is InChI=1S/C14H18N4O2/c1-3-10-7-12(20-17-10)14(19)18-6-4-5-11(18)13-9(2)8-15-16-13/h7-8,11H,3-6H2,1-2H3,(H,15,16)/t11-/m0/s1. The first-order valence-corrected chi connectivity index (χ1v) is 6.97. The number of hydrogen-bond donors (Lipinski definition) is 1. The molecule has 1 amide bonds. The number of H-pyrrole nitrogens is 1. The summed E-state index contributed by atoms with van der Waals surface area (Å²) in [6.45, 7) is 4.73. The summed E-state index contributed by atoms with van der Waals surface area (Å²) in [4.78, 5) is 14.4. The highest BCUT2D eigenvalue weighted by atomic mass is 16.5. The van der Waals surface area contributed by atoms with E-state index < -0.39 is 0 Å². The third kappa shape index (κ3) is 2.11. The highest BCUT2D eigenvalue weighted by Gasteiger charge is 2.34. The maximum Gasteiger partial charge on any atom is 0.293 e. The molecule has 0 bridgehead atoms. The van der Waals surface area contributed by atoms with E-state index in [-0.39, 0.29) is 11.9 Å². The van der Waals surface area contributed by atoms with Crippen molar-refractivity contribution in [3.8, 4) is 0 Å². The Kier molecular flexibility index (Phi) is 3.30. The Morgan fingerprint density at radius 3 is 3.10 bits per heavy atom. The van der Waals surface area contributed by atoms with Crippen LogP contribution in [0, 0.1) is 6.92 Å². The molecule has 1 saturated heterocycles. The lowest BCUT2D eigenvalue weighted by molar-refractivity contribution is 0.0690. The average molecular weight is 274 g/mol. The van der Waals surface area contributed by atoms with Crippen LogP contribution in [-0.2, 0) is 6.42 Å². The summed E-state index contributed by atoms with van der Waals surface area (Å²) in [6, 6.07) is 1.79. The maximum absolute atomic E-state index is 12.6. The van der Waals surface area contributed by atoms with Gasteiger partial charge in [-0.05, 0) is 31.7 Å². The first kappa shape index (κ1) is 12.9. The van der Waals surface area contributed by atoms with Crippen LogP contribution in [0.2, 0.25) is 0 Å². The number of likely N-dealkylation sites (tertiary alicyclic amines) is 1. The van der Waals surface area contributed by atoms with Gasteiger partial charge < -0.3 is 9.42 Å². The van der Waals surface area contributed by atoms with Crippen LogP contribution >= 0.6 is 0 Å². The van der Waals surface area contributed by atoms with E-state index in [9.17, 15) is 4.79 Å². The Bertz CT molecular complexity index is 616. The molecule has 0 radical (unpaired) electrons. The summed E-state index contributed by atoms with van der Waals surface area (Å²) < 4.78 is 5.16. The van der Waals surface area contributed by atoms with Crippen molar-refractivity contribution in [3.05, 3.63) is 35.0 Å². The number of hydrogen-bond acceptors (Lipinski definition) is 4. The van der Waals surface area contributed by atoms with Gasteiger partial charge in [-0.25, -0.2) is 0 Å². The molecule has 1 atom stereocenters. The van der Waals surface area contributed by atoms with Crippen LogP contribution in [-0.4, -0.2) is 32.7 Å². The van der Waals surface area contributed by atoms with Crippen molar-refractivity contribution >= 4 is 5.91 Å². The molecule has 0 aliphatic carbocycles. The Morgan fingerprint density at radius 1 is 1.60 bits per heavy atom. The van der Waals surface area contributed by atoms with Crippen molar-refractivity contribution in [3.63, 3.8) is 0 Å². The van der Waals surface area contributed by atoms with E-state index in [1.165, 1.54) is 0 Å². The Labute approximate surface area is 117 Å². The summed E-state index contributed by atoms with van der Waals surface area (Å²) in [6.07, 6.45) is 4.49. The smallest absolute Gasteiger partial charge is 0.293 e. The quantitative estimate of drug-likeness (QED) is 0.931. The SMILES string of the molecule is CCc1cc(C(=O)N2CCC[C@H]2c2[nH]ncc2C)on1. The number of aromatic nitrogens is 3. The van der Waals surface area contributed by atoms with Gasteiger partial charge in [0.15, 0.2) is 0 Å². The first-order valence-electron chi connectivity index (χ1n) is 6.97. The molecule has 3 rings (SSSR count). The normalized spacial score (nSPS) is 18.7. The molecule has 0 spiro atoms. The highest BCUT2D eigenvalue weighted by Crippen LogP contribution is 2.33. The van der Waals surface area contributed by atoms with Gasteiger partial charge >= 0.3 is 0 Å². The second kappa shape index (κ2) is 5.11. The number of nitrogens with zero attached hydrogens (tertiary/aromatic N) is 3. The number of aryl methyl sites for hydroxylation is 2. The topological polar surface area (TPSA) is 75.0 Å². The van der Waals surface area contributed by atoms with Crippen molar-refractivity contribution in [1.82, 2.24) is 20.3 Å². The van der Waals surface area contributed by atoms with E-state index in [0.29, 0.717) is 5.76 Å². The maximum atomic E-state index is 12.6. The van der Waals surface area contributed by atoms with E-state index in [0.717, 1.165) is 42.8 Å². The average Bonchev–Trinajstić information content (AvgIpc) is 3.17. The van der Waals surface area contributed by atoms with E-state index in [2.05, 4.69) is 15.4 Å². The molecule has 2 aromatic rings. The fourth-order valence-electron chi connectivity index (χ4n) is 2.72. The molecule has 1 N–H and O–H groups in total. The minimum Gasteiger partial charge on any atom is -0.351 e. The molecule has 6 heteroatoms. The van der Waals surface area contributed by atoms with E-state index in [4.69, 9.17) is 4.52 Å². The molecule has 0 aromatic carbocycles. The van der Waals surface area contributed by atoms with Gasteiger partial charge in [-0.2, -0.15) is 5.10 Å². The van der Waals surface area contributed by atoms with Crippen molar-refractivity contribution in [2.45, 2.75) is 39.2 Å². The summed E-state index contributed by atoms with van der Waals surface area (Å²) in [7, 11) is 0. The summed E-state index contributed by atoms with van der Waals surface area (Å²) in [5.41, 5.74) is 2.91. The molecule has 1 aliphatic heterocycles. The predicted octanol–water partition coefficient (Wildman–Crippen LogP) is 2.25. The number of rotatable bonds is 3. The molecule has 20 heavy (non-hydrogen) atoms. The van der Waals surface area contributed by atoms with E-state index >= 15 is 0 Å². The number of amides is 1. The van der Waals surface area contributed by atoms with Gasteiger partial charge in [-0.3, -0.25) is 9.89 Å². The zero-order valence-corrected chi connectivity index (χ0v) is 11.7. The van der Waals surface area contributed by atoms with Gasteiger partial charge in [-0.15, -0.1) is 0 Å². The van der Waals surface area contributed by atoms with E-state index in [1.807, 2.05) is 18.7 Å². The summed E-state index contributed by atoms with van der Waals surface area (Å²) >= 11 is 0. The van der Waals surface area contributed by atoms with Crippen LogP contribution in [0.15, 0.2) is 16.8 Å². The van der Waals surface area contributed by atoms with Crippen LogP contribution in [0.3, 0.4) is 0 Å². The van der Waals surface area contributed by atoms with E-state index in [1.54, 1.807) is 12.3 Å². The minimum atomic E-state index is -0.0892. The van der Waals surface area contributed by atoms with Crippen molar-refractivity contribution in [2.75, 3.05) is 6.54 Å². The first-order chi connectivity index (χ1) is 9.70. The molecule has 0 unspecified atom stereocenters. The second-order valence-electron chi connectivity index (χ2n) is 5.16. The van der Waals surface area contributed by atoms with Gasteiger partial charge in [0.2, 0.25) is 5.76 Å². The van der Waals surface area contributed by atoms with Crippen molar-refractivity contribution in [2.24, 2.45) is 0 Å². The molecule has 3 heterocycles. The fraction of sp³-hybridized carbons (Fsp3) is 0.500. The van der Waals surface area contributed by atoms with Gasteiger partial charge in [-0.1, -0.05) is 12.1 Å². The predicted molar refractivity (Wildman–Crippen MR) is 72.2 cm³/mol. The van der Waals surface area contributed by atoms with Crippen LogP contribution in [0.1, 0.15) is 53.3 Å². The van der Waals surface area contributed by atoms with Crippen molar-refractivity contribution < 1.29 is 9.32 Å². The van der Waals surface area contributed by atoms with Crippen molar-refractivity contribution in [1.29, 1.82) is 0 Å². The zero-order chi connectivity index (χ0) is 14.1. The molecular weight excluding hydrogens is 256 g/mol. The molecule has 2 aromatic heterocycles. The highest BCUT2D eigenvalue weighted by molar-refractivity contribution is 5.92. The largest absolute Gasteiger partial charge is 0.351 e. The second-order valence-corrected chi connectivity index (χ2v) is 5.16. The summed E-state index contributed by atoms with van der Waals surface area (Å²) in [5, 5.41) is 11.0. The molecular formula is C14H18N4O2. The monoisotopic (exact) mass is 274 g/mol. The number of carbonyl (C=O) groups excluding carboxylic acids is 1.